The molecule has 13 heavy (non-hydrogen) atoms. The average Bonchev–Trinajstić information content (AvgIpc) is 2.14. The van der Waals surface area contributed by atoms with Crippen molar-refractivity contribution in [2.24, 2.45) is 0 Å². The molecular formula is C8H12O5. The summed E-state index contributed by atoms with van der Waals surface area (Å²) < 4.78 is 13.5. The summed E-state index contributed by atoms with van der Waals surface area (Å²) in [6, 6.07) is 0. The first-order chi connectivity index (χ1) is 6.02. The van der Waals surface area contributed by atoms with Gasteiger partial charge in [0.1, 0.15) is 5.57 Å². The molecule has 1 atom stereocenters. The van der Waals surface area contributed by atoms with E-state index in [9.17, 15) is 9.59 Å². The Morgan fingerprint density at radius 3 is 2.15 bits per heavy atom. The molecule has 0 fully saturated rings. The van der Waals surface area contributed by atoms with Crippen molar-refractivity contribution in [3.63, 3.8) is 0 Å². The van der Waals surface area contributed by atoms with Crippen molar-refractivity contribution in [2.45, 2.75) is 13.2 Å². The summed E-state index contributed by atoms with van der Waals surface area (Å²) in [5.74, 6) is -1.66. The van der Waals surface area contributed by atoms with Gasteiger partial charge in [-0.05, 0) is 6.92 Å². The van der Waals surface area contributed by atoms with Gasteiger partial charge in [0, 0.05) is 7.11 Å². The van der Waals surface area contributed by atoms with Crippen LogP contribution in [0.15, 0.2) is 12.2 Å². The molecule has 0 aromatic carbocycles. The Kier molecular flexibility index (Phi) is 4.76. The van der Waals surface area contributed by atoms with E-state index in [4.69, 9.17) is 0 Å². The molecule has 0 aliphatic rings. The number of ether oxygens (including phenoxy) is 3. The first-order valence-electron chi connectivity index (χ1n) is 3.54. The van der Waals surface area contributed by atoms with Crippen molar-refractivity contribution in [1.29, 1.82) is 0 Å². The van der Waals surface area contributed by atoms with E-state index in [1.54, 1.807) is 0 Å². The minimum absolute atomic E-state index is 0.355. The lowest BCUT2D eigenvalue weighted by Crippen LogP contribution is -2.21. The Labute approximate surface area is 76.3 Å². The maximum Gasteiger partial charge on any atom is 0.347 e. The van der Waals surface area contributed by atoms with Gasteiger partial charge in [0.05, 0.1) is 7.11 Å². The van der Waals surface area contributed by atoms with Gasteiger partial charge >= 0.3 is 11.9 Å². The molecule has 0 aliphatic heterocycles. The van der Waals surface area contributed by atoms with Crippen molar-refractivity contribution >= 4 is 11.9 Å². The van der Waals surface area contributed by atoms with E-state index in [0.717, 1.165) is 7.11 Å². The molecule has 0 heterocycles. The van der Waals surface area contributed by atoms with Crippen LogP contribution in [0.2, 0.25) is 0 Å². The molecule has 0 rings (SSSR count). The van der Waals surface area contributed by atoms with Crippen LogP contribution >= 0.6 is 0 Å². The molecule has 0 saturated carbocycles. The van der Waals surface area contributed by atoms with Gasteiger partial charge in [-0.1, -0.05) is 6.58 Å². The highest BCUT2D eigenvalue weighted by Crippen LogP contribution is 2.01. The smallest absolute Gasteiger partial charge is 0.347 e. The Hall–Kier alpha value is -1.36. The van der Waals surface area contributed by atoms with E-state index in [2.05, 4.69) is 20.8 Å². The third-order valence-corrected chi connectivity index (χ3v) is 1.28. The van der Waals surface area contributed by atoms with E-state index >= 15 is 0 Å². The quantitative estimate of drug-likeness (QED) is 0.208. The standard InChI is InChI=1S/C8H12O5/c1-5(7(9)12-4)8(10)13-6(2)11-3/h6H,1H2,2-4H3. The van der Waals surface area contributed by atoms with Crippen LogP contribution < -0.4 is 0 Å². The number of hydrogen-bond donors (Lipinski definition) is 0. The van der Waals surface area contributed by atoms with Gasteiger partial charge in [-0.3, -0.25) is 0 Å². The summed E-state index contributed by atoms with van der Waals surface area (Å²) in [7, 11) is 2.53. The van der Waals surface area contributed by atoms with Gasteiger partial charge in [-0.2, -0.15) is 0 Å². The fourth-order valence-corrected chi connectivity index (χ4v) is 0.477. The van der Waals surface area contributed by atoms with Crippen LogP contribution in [-0.4, -0.2) is 32.4 Å². The van der Waals surface area contributed by atoms with E-state index in [1.807, 2.05) is 0 Å². The molecule has 0 bridgehead atoms. The average molecular weight is 188 g/mol. The highest BCUT2D eigenvalue weighted by molar-refractivity contribution is 6.13. The highest BCUT2D eigenvalue weighted by Gasteiger charge is 2.19. The topological polar surface area (TPSA) is 61.8 Å². The Morgan fingerprint density at radius 1 is 1.23 bits per heavy atom. The van der Waals surface area contributed by atoms with Crippen molar-refractivity contribution in [1.82, 2.24) is 0 Å². The lowest BCUT2D eigenvalue weighted by molar-refractivity contribution is -0.166. The number of hydrogen-bond acceptors (Lipinski definition) is 5. The summed E-state index contributed by atoms with van der Waals surface area (Å²) in [5, 5.41) is 0. The van der Waals surface area contributed by atoms with Gasteiger partial charge in [0.25, 0.3) is 0 Å². The molecule has 0 N–H and O–H groups in total. The summed E-state index contributed by atoms with van der Waals surface area (Å²) in [5.41, 5.74) is -0.355. The first-order valence-corrected chi connectivity index (χ1v) is 3.54. The molecule has 0 aromatic rings. The summed E-state index contributed by atoms with van der Waals surface area (Å²) >= 11 is 0. The lowest BCUT2D eigenvalue weighted by atomic mass is 10.3. The molecule has 0 radical (unpaired) electrons. The maximum absolute atomic E-state index is 11.0. The molecular weight excluding hydrogens is 176 g/mol. The van der Waals surface area contributed by atoms with Gasteiger partial charge in [-0.25, -0.2) is 9.59 Å². The van der Waals surface area contributed by atoms with Crippen LogP contribution in [0.25, 0.3) is 0 Å². The van der Waals surface area contributed by atoms with E-state index in [-0.39, 0.29) is 5.57 Å². The minimum atomic E-state index is -0.846. The number of methoxy groups -OCH3 is 2. The predicted octanol–water partition coefficient (Wildman–Crippen LogP) is 0.251. The Bertz CT molecular complexity index is 221. The van der Waals surface area contributed by atoms with Gasteiger partial charge < -0.3 is 14.2 Å². The van der Waals surface area contributed by atoms with Crippen LogP contribution in [0.5, 0.6) is 0 Å². The van der Waals surface area contributed by atoms with Crippen LogP contribution in [0, 0.1) is 0 Å². The number of esters is 2. The molecule has 74 valence electrons. The third kappa shape index (κ3) is 3.71. The van der Waals surface area contributed by atoms with Crippen LogP contribution in [-0.2, 0) is 23.8 Å². The molecule has 5 heteroatoms. The molecule has 0 saturated heterocycles. The minimum Gasteiger partial charge on any atom is -0.465 e. The van der Waals surface area contributed by atoms with E-state index in [1.165, 1.54) is 14.0 Å². The zero-order valence-corrected chi connectivity index (χ0v) is 7.83. The Morgan fingerprint density at radius 2 is 1.77 bits per heavy atom. The van der Waals surface area contributed by atoms with E-state index in [0.29, 0.717) is 0 Å². The zero-order valence-electron chi connectivity index (χ0n) is 7.83. The fraction of sp³-hybridized carbons (Fsp3) is 0.500. The van der Waals surface area contributed by atoms with Crippen LogP contribution in [0.1, 0.15) is 6.92 Å². The highest BCUT2D eigenvalue weighted by atomic mass is 16.7. The van der Waals surface area contributed by atoms with Crippen molar-refractivity contribution < 1.29 is 23.8 Å². The Balaban J connectivity index is 4.12. The maximum atomic E-state index is 11.0. The van der Waals surface area contributed by atoms with Crippen LogP contribution in [0.4, 0.5) is 0 Å². The summed E-state index contributed by atoms with van der Waals surface area (Å²) in [4.78, 5) is 21.8. The first kappa shape index (κ1) is 11.6. The normalized spacial score (nSPS) is 11.6. The van der Waals surface area contributed by atoms with Gasteiger partial charge in [-0.15, -0.1) is 0 Å². The second-order valence-electron chi connectivity index (χ2n) is 2.18. The van der Waals surface area contributed by atoms with E-state index < -0.39 is 18.2 Å². The van der Waals surface area contributed by atoms with Crippen molar-refractivity contribution in [3.8, 4) is 0 Å². The largest absolute Gasteiger partial charge is 0.465 e. The SMILES string of the molecule is C=C(C(=O)OC)C(=O)OC(C)OC. The molecule has 0 amide bonds. The predicted molar refractivity (Wildman–Crippen MR) is 43.7 cm³/mol. The third-order valence-electron chi connectivity index (χ3n) is 1.28. The monoisotopic (exact) mass is 188 g/mol. The van der Waals surface area contributed by atoms with Gasteiger partial charge in [0.2, 0.25) is 0 Å². The molecule has 1 unspecified atom stereocenters. The zero-order chi connectivity index (χ0) is 10.4. The number of carbonyl (C=O) groups excluding carboxylic acids is 2. The molecule has 0 aromatic heterocycles. The second kappa shape index (κ2) is 5.31. The lowest BCUT2D eigenvalue weighted by Gasteiger charge is -2.10. The summed E-state index contributed by atoms with van der Waals surface area (Å²) in [6.45, 7) is 4.72. The molecule has 0 aliphatic carbocycles. The van der Waals surface area contributed by atoms with Crippen LogP contribution in [0.3, 0.4) is 0 Å². The molecule has 0 spiro atoms. The van der Waals surface area contributed by atoms with Gasteiger partial charge in [0.15, 0.2) is 6.29 Å². The fourth-order valence-electron chi connectivity index (χ4n) is 0.477. The number of carbonyl (C=O) groups is 2. The molecule has 5 nitrogen and oxygen atoms in total. The number of rotatable bonds is 4. The summed E-state index contributed by atoms with van der Waals surface area (Å²) in [6.07, 6.45) is -0.714. The second-order valence-corrected chi connectivity index (χ2v) is 2.18. The van der Waals surface area contributed by atoms with Crippen molar-refractivity contribution in [3.05, 3.63) is 12.2 Å². The van der Waals surface area contributed by atoms with Crippen molar-refractivity contribution in [2.75, 3.05) is 14.2 Å².